The van der Waals surface area contributed by atoms with E-state index in [2.05, 4.69) is 17.2 Å². The first kappa shape index (κ1) is 12.3. The molecule has 0 bridgehead atoms. The van der Waals surface area contributed by atoms with E-state index in [1.807, 2.05) is 12.3 Å². The Kier molecular flexibility index (Phi) is 4.34. The minimum atomic E-state index is 0.270. The molecular weight excluding hydrogens is 214 g/mol. The maximum absolute atomic E-state index is 6.04. The highest BCUT2D eigenvalue weighted by molar-refractivity contribution is 5.46. The van der Waals surface area contributed by atoms with Crippen molar-refractivity contribution in [1.82, 2.24) is 10.3 Å². The number of anilines is 1. The molecule has 0 spiro atoms. The molecule has 0 amide bonds. The lowest BCUT2D eigenvalue weighted by Gasteiger charge is -2.25. The van der Waals surface area contributed by atoms with Gasteiger partial charge in [0.05, 0.1) is 6.61 Å². The number of hydrogen-bond acceptors (Lipinski definition) is 4. The highest BCUT2D eigenvalue weighted by atomic mass is 16.5. The summed E-state index contributed by atoms with van der Waals surface area (Å²) < 4.78 is 5.48. The number of nitrogens with zero attached hydrogens (tertiary/aromatic N) is 1. The molecule has 3 N–H and O–H groups in total. The number of nitrogens with one attached hydrogen (secondary N) is 1. The Bertz CT molecular complexity index is 350. The van der Waals surface area contributed by atoms with Crippen LogP contribution in [0.15, 0.2) is 18.5 Å². The molecule has 2 heterocycles. The molecular formula is C13H21N3O. The van der Waals surface area contributed by atoms with Crippen LogP contribution in [0.3, 0.4) is 0 Å². The zero-order valence-corrected chi connectivity index (χ0v) is 10.4. The van der Waals surface area contributed by atoms with Crippen LogP contribution in [0.1, 0.15) is 31.4 Å². The van der Waals surface area contributed by atoms with Crippen LogP contribution in [0.2, 0.25) is 0 Å². The predicted octanol–water partition coefficient (Wildman–Crippen LogP) is 1.74. The Morgan fingerprint density at radius 3 is 3.18 bits per heavy atom. The average Bonchev–Trinajstić information content (AvgIpc) is 2.85. The van der Waals surface area contributed by atoms with Crippen molar-refractivity contribution in [2.24, 2.45) is 5.92 Å². The lowest BCUT2D eigenvalue weighted by molar-refractivity contribution is 0.176. The number of hydrogen-bond donors (Lipinski definition) is 2. The summed E-state index contributed by atoms with van der Waals surface area (Å²) in [5.74, 6) is 0.507. The second-order valence-electron chi connectivity index (χ2n) is 4.56. The van der Waals surface area contributed by atoms with E-state index < -0.39 is 0 Å². The standard InChI is InChI=1S/C13H21N3O/c1-2-5-16-13(10-4-7-17-9-10)11-8-15-6-3-12(11)14/h3,6,8,10,13,16H,2,4-5,7,9H2,1H3,(H2,14,15). The molecule has 17 heavy (non-hydrogen) atoms. The maximum atomic E-state index is 6.04. The smallest absolute Gasteiger partial charge is 0.0513 e. The van der Waals surface area contributed by atoms with Crippen LogP contribution in [0.25, 0.3) is 0 Å². The van der Waals surface area contributed by atoms with Crippen LogP contribution >= 0.6 is 0 Å². The minimum Gasteiger partial charge on any atom is -0.398 e. The minimum absolute atomic E-state index is 0.270. The van der Waals surface area contributed by atoms with Crippen molar-refractivity contribution in [2.75, 3.05) is 25.5 Å². The first-order chi connectivity index (χ1) is 8.33. The van der Waals surface area contributed by atoms with Gasteiger partial charge in [0.1, 0.15) is 0 Å². The lowest BCUT2D eigenvalue weighted by Crippen LogP contribution is -2.30. The zero-order chi connectivity index (χ0) is 12.1. The molecule has 1 saturated heterocycles. The molecule has 1 aromatic heterocycles. The van der Waals surface area contributed by atoms with Crippen LogP contribution in [-0.2, 0) is 4.74 Å². The number of rotatable bonds is 5. The Hall–Kier alpha value is -1.13. The number of nitrogen functional groups attached to an aromatic ring is 1. The van der Waals surface area contributed by atoms with E-state index in [4.69, 9.17) is 10.5 Å². The van der Waals surface area contributed by atoms with E-state index in [0.29, 0.717) is 5.92 Å². The first-order valence-corrected chi connectivity index (χ1v) is 6.33. The van der Waals surface area contributed by atoms with E-state index >= 15 is 0 Å². The van der Waals surface area contributed by atoms with Gasteiger partial charge >= 0.3 is 0 Å². The van der Waals surface area contributed by atoms with E-state index in [1.165, 1.54) is 0 Å². The van der Waals surface area contributed by atoms with Crippen molar-refractivity contribution in [3.63, 3.8) is 0 Å². The van der Waals surface area contributed by atoms with E-state index in [9.17, 15) is 0 Å². The highest BCUT2D eigenvalue weighted by Crippen LogP contribution is 2.31. The molecule has 1 aromatic rings. The van der Waals surface area contributed by atoms with Crippen LogP contribution in [0.4, 0.5) is 5.69 Å². The van der Waals surface area contributed by atoms with Crippen LogP contribution < -0.4 is 11.1 Å². The van der Waals surface area contributed by atoms with Gasteiger partial charge in [0, 0.05) is 42.2 Å². The maximum Gasteiger partial charge on any atom is 0.0513 e. The van der Waals surface area contributed by atoms with Gasteiger partial charge in [0.2, 0.25) is 0 Å². The van der Waals surface area contributed by atoms with Gasteiger partial charge in [0.25, 0.3) is 0 Å². The lowest BCUT2D eigenvalue weighted by atomic mass is 9.92. The van der Waals surface area contributed by atoms with Crippen molar-refractivity contribution in [3.8, 4) is 0 Å². The number of nitrogens with two attached hydrogens (primary N) is 1. The molecule has 2 atom stereocenters. The molecule has 1 aliphatic heterocycles. The monoisotopic (exact) mass is 235 g/mol. The van der Waals surface area contributed by atoms with Crippen molar-refractivity contribution in [1.29, 1.82) is 0 Å². The van der Waals surface area contributed by atoms with E-state index in [1.54, 1.807) is 6.20 Å². The number of ether oxygens (including phenoxy) is 1. The molecule has 94 valence electrons. The average molecular weight is 235 g/mol. The molecule has 1 fully saturated rings. The van der Waals surface area contributed by atoms with Gasteiger partial charge in [0.15, 0.2) is 0 Å². The topological polar surface area (TPSA) is 60.2 Å². The van der Waals surface area contributed by atoms with Gasteiger partial charge in [-0.05, 0) is 25.5 Å². The summed E-state index contributed by atoms with van der Waals surface area (Å²) in [7, 11) is 0. The molecule has 4 heteroatoms. The van der Waals surface area contributed by atoms with Crippen molar-refractivity contribution in [3.05, 3.63) is 24.0 Å². The number of aromatic nitrogens is 1. The van der Waals surface area contributed by atoms with Gasteiger partial charge in [-0.2, -0.15) is 0 Å². The second kappa shape index (κ2) is 5.98. The van der Waals surface area contributed by atoms with Crippen LogP contribution in [-0.4, -0.2) is 24.7 Å². The Labute approximate surface area is 103 Å². The van der Waals surface area contributed by atoms with Crippen molar-refractivity contribution >= 4 is 5.69 Å². The summed E-state index contributed by atoms with van der Waals surface area (Å²) in [6.07, 6.45) is 5.82. The Morgan fingerprint density at radius 2 is 2.53 bits per heavy atom. The fourth-order valence-electron chi connectivity index (χ4n) is 2.32. The predicted molar refractivity (Wildman–Crippen MR) is 68.6 cm³/mol. The number of pyridine rings is 1. The molecule has 4 nitrogen and oxygen atoms in total. The van der Waals surface area contributed by atoms with Crippen LogP contribution in [0.5, 0.6) is 0 Å². The van der Waals surface area contributed by atoms with Gasteiger partial charge in [-0.25, -0.2) is 0 Å². The summed E-state index contributed by atoms with van der Waals surface area (Å²) in [6, 6.07) is 2.14. The first-order valence-electron chi connectivity index (χ1n) is 6.33. The third kappa shape index (κ3) is 2.96. The summed E-state index contributed by atoms with van der Waals surface area (Å²) >= 11 is 0. The third-order valence-corrected chi connectivity index (χ3v) is 3.27. The van der Waals surface area contributed by atoms with Crippen LogP contribution in [0, 0.1) is 5.92 Å². The van der Waals surface area contributed by atoms with Gasteiger partial charge in [-0.3, -0.25) is 4.98 Å². The van der Waals surface area contributed by atoms with Crippen molar-refractivity contribution in [2.45, 2.75) is 25.8 Å². The fourth-order valence-corrected chi connectivity index (χ4v) is 2.32. The van der Waals surface area contributed by atoms with Gasteiger partial charge in [-0.1, -0.05) is 6.92 Å². The molecule has 2 unspecified atom stereocenters. The SMILES string of the molecule is CCCNC(c1cnccc1N)C1CCOC1. The Balaban J connectivity index is 2.16. The van der Waals surface area contributed by atoms with E-state index in [0.717, 1.165) is 43.9 Å². The van der Waals surface area contributed by atoms with Gasteiger partial charge in [-0.15, -0.1) is 0 Å². The molecule has 0 aliphatic carbocycles. The molecule has 0 saturated carbocycles. The molecule has 1 aliphatic rings. The quantitative estimate of drug-likeness (QED) is 0.816. The Morgan fingerprint density at radius 1 is 1.65 bits per heavy atom. The molecule has 0 aromatic carbocycles. The second-order valence-corrected chi connectivity index (χ2v) is 4.56. The normalized spacial score (nSPS) is 21.6. The van der Waals surface area contributed by atoms with Crippen molar-refractivity contribution < 1.29 is 4.74 Å². The zero-order valence-electron chi connectivity index (χ0n) is 10.4. The summed E-state index contributed by atoms with van der Waals surface area (Å²) in [6.45, 7) is 4.84. The summed E-state index contributed by atoms with van der Waals surface area (Å²) in [5.41, 5.74) is 7.97. The largest absolute Gasteiger partial charge is 0.398 e. The molecule has 0 radical (unpaired) electrons. The fraction of sp³-hybridized carbons (Fsp3) is 0.615. The van der Waals surface area contributed by atoms with Gasteiger partial charge < -0.3 is 15.8 Å². The summed E-state index contributed by atoms with van der Waals surface area (Å²) in [5, 5.41) is 3.57. The molecule has 2 rings (SSSR count). The third-order valence-electron chi connectivity index (χ3n) is 3.27. The highest BCUT2D eigenvalue weighted by Gasteiger charge is 2.27. The summed E-state index contributed by atoms with van der Waals surface area (Å²) in [4.78, 5) is 4.19. The van der Waals surface area contributed by atoms with E-state index in [-0.39, 0.29) is 6.04 Å².